The number of aromatic nitrogens is 1. The van der Waals surface area contributed by atoms with Crippen LogP contribution in [0.3, 0.4) is 0 Å². The highest BCUT2D eigenvalue weighted by Crippen LogP contribution is 2.18. The minimum atomic E-state index is -0.0701. The number of nitrogens with one attached hydrogen (secondary N) is 1. The van der Waals surface area contributed by atoms with E-state index in [1.165, 1.54) is 0 Å². The van der Waals surface area contributed by atoms with Gasteiger partial charge in [0, 0.05) is 38.1 Å². The maximum absolute atomic E-state index is 12.6. The predicted octanol–water partition coefficient (Wildman–Crippen LogP) is 2.59. The molecule has 2 aromatic rings. The van der Waals surface area contributed by atoms with Gasteiger partial charge in [-0.2, -0.15) is 0 Å². The van der Waals surface area contributed by atoms with E-state index in [0.717, 1.165) is 12.1 Å². The third-order valence-corrected chi connectivity index (χ3v) is 4.57. The molecule has 2 heterocycles. The van der Waals surface area contributed by atoms with Gasteiger partial charge in [0.2, 0.25) is 5.91 Å². The van der Waals surface area contributed by atoms with Gasteiger partial charge in [-0.25, -0.2) is 0 Å². The Kier molecular flexibility index (Phi) is 5.20. The second kappa shape index (κ2) is 7.53. The summed E-state index contributed by atoms with van der Waals surface area (Å²) in [6.45, 7) is 2.39. The fourth-order valence-electron chi connectivity index (χ4n) is 2.93. The van der Waals surface area contributed by atoms with Gasteiger partial charge >= 0.3 is 0 Å². The van der Waals surface area contributed by atoms with Crippen molar-refractivity contribution in [3.63, 3.8) is 0 Å². The Morgan fingerprint density at radius 2 is 1.75 bits per heavy atom. The van der Waals surface area contributed by atoms with E-state index in [4.69, 9.17) is 11.6 Å². The molecule has 0 saturated carbocycles. The normalized spacial score (nSPS) is 15.2. The van der Waals surface area contributed by atoms with E-state index in [1.807, 2.05) is 35.4 Å². The van der Waals surface area contributed by atoms with Crippen molar-refractivity contribution in [2.24, 2.45) is 0 Å². The van der Waals surface area contributed by atoms with Gasteiger partial charge in [0.1, 0.15) is 0 Å². The fourth-order valence-corrected chi connectivity index (χ4v) is 3.14. The maximum Gasteiger partial charge on any atom is 0.255 e. The zero-order valence-corrected chi connectivity index (χ0v) is 14.1. The quantitative estimate of drug-likeness (QED) is 0.929. The van der Waals surface area contributed by atoms with Gasteiger partial charge in [0.25, 0.3) is 5.91 Å². The zero-order valence-electron chi connectivity index (χ0n) is 13.4. The molecule has 0 atom stereocenters. The average molecular weight is 346 g/mol. The minimum absolute atomic E-state index is 0.0701. The summed E-state index contributed by atoms with van der Waals surface area (Å²) in [6.07, 6.45) is 2.95. The second-order valence-corrected chi connectivity index (χ2v) is 6.29. The first-order valence-corrected chi connectivity index (χ1v) is 8.47. The van der Waals surface area contributed by atoms with E-state index in [1.54, 1.807) is 17.0 Å². The van der Waals surface area contributed by atoms with Crippen LogP contribution in [0.5, 0.6) is 0 Å². The van der Waals surface area contributed by atoms with Crippen LogP contribution in [0.1, 0.15) is 22.5 Å². The molecule has 1 aliphatic heterocycles. The van der Waals surface area contributed by atoms with Crippen LogP contribution in [0.15, 0.2) is 42.6 Å². The van der Waals surface area contributed by atoms with Crippen LogP contribution in [0.4, 0.5) is 0 Å². The lowest BCUT2D eigenvalue weighted by Crippen LogP contribution is -2.38. The van der Waals surface area contributed by atoms with Crippen LogP contribution in [0.2, 0.25) is 5.02 Å². The standard InChI is InChI=1S/C18H20ClN3O2/c19-16-7-2-1-6-15(16)18(24)22-10-4-9-21(11-12-22)17(23)13-14-5-3-8-20-14/h1-3,5-8,20H,4,9-13H2. The summed E-state index contributed by atoms with van der Waals surface area (Å²) in [5.41, 5.74) is 1.43. The molecule has 1 aliphatic rings. The Balaban J connectivity index is 1.61. The van der Waals surface area contributed by atoms with E-state index in [9.17, 15) is 9.59 Å². The van der Waals surface area contributed by atoms with Crippen molar-refractivity contribution in [2.45, 2.75) is 12.8 Å². The summed E-state index contributed by atoms with van der Waals surface area (Å²) < 4.78 is 0. The van der Waals surface area contributed by atoms with Gasteiger partial charge in [0.15, 0.2) is 0 Å². The maximum atomic E-state index is 12.6. The van der Waals surface area contributed by atoms with Crippen LogP contribution >= 0.6 is 11.6 Å². The number of carbonyl (C=O) groups excluding carboxylic acids is 2. The molecule has 24 heavy (non-hydrogen) atoms. The Labute approximate surface area is 146 Å². The molecule has 1 fully saturated rings. The molecule has 5 nitrogen and oxygen atoms in total. The van der Waals surface area contributed by atoms with Crippen molar-refractivity contribution in [3.05, 3.63) is 58.9 Å². The first kappa shape index (κ1) is 16.6. The molecule has 6 heteroatoms. The van der Waals surface area contributed by atoms with Crippen molar-refractivity contribution in [2.75, 3.05) is 26.2 Å². The summed E-state index contributed by atoms with van der Waals surface area (Å²) in [4.78, 5) is 31.7. The number of amides is 2. The molecule has 2 amide bonds. The number of hydrogen-bond acceptors (Lipinski definition) is 2. The minimum Gasteiger partial charge on any atom is -0.365 e. The van der Waals surface area contributed by atoms with Crippen molar-refractivity contribution in [1.29, 1.82) is 0 Å². The lowest BCUT2D eigenvalue weighted by atomic mass is 10.2. The average Bonchev–Trinajstić information content (AvgIpc) is 2.96. The second-order valence-electron chi connectivity index (χ2n) is 5.88. The Bertz CT molecular complexity index is 715. The molecule has 1 aromatic carbocycles. The number of rotatable bonds is 3. The third-order valence-electron chi connectivity index (χ3n) is 4.24. The number of nitrogens with zero attached hydrogens (tertiary/aromatic N) is 2. The molecule has 3 rings (SSSR count). The summed E-state index contributed by atoms with van der Waals surface area (Å²) in [6, 6.07) is 10.9. The van der Waals surface area contributed by atoms with Crippen LogP contribution in [-0.2, 0) is 11.2 Å². The van der Waals surface area contributed by atoms with E-state index >= 15 is 0 Å². The smallest absolute Gasteiger partial charge is 0.255 e. The van der Waals surface area contributed by atoms with E-state index in [0.29, 0.717) is 43.2 Å². The molecule has 0 unspecified atom stereocenters. The molecule has 0 bridgehead atoms. The van der Waals surface area contributed by atoms with Crippen LogP contribution in [0, 0.1) is 0 Å². The zero-order chi connectivity index (χ0) is 16.9. The van der Waals surface area contributed by atoms with E-state index < -0.39 is 0 Å². The van der Waals surface area contributed by atoms with Gasteiger partial charge in [-0.15, -0.1) is 0 Å². The van der Waals surface area contributed by atoms with Crippen LogP contribution < -0.4 is 0 Å². The molecular formula is C18H20ClN3O2. The number of aromatic amines is 1. The molecule has 0 spiro atoms. The summed E-state index contributed by atoms with van der Waals surface area (Å²) in [7, 11) is 0. The lowest BCUT2D eigenvalue weighted by molar-refractivity contribution is -0.130. The third kappa shape index (κ3) is 3.79. The molecular weight excluding hydrogens is 326 g/mol. The fraction of sp³-hybridized carbons (Fsp3) is 0.333. The van der Waals surface area contributed by atoms with Crippen LogP contribution in [-0.4, -0.2) is 52.8 Å². The van der Waals surface area contributed by atoms with Crippen LogP contribution in [0.25, 0.3) is 0 Å². The number of H-pyrrole nitrogens is 1. The Morgan fingerprint density at radius 3 is 2.50 bits per heavy atom. The molecule has 126 valence electrons. The van der Waals surface area contributed by atoms with Crippen molar-refractivity contribution >= 4 is 23.4 Å². The number of halogens is 1. The van der Waals surface area contributed by atoms with E-state index in [2.05, 4.69) is 4.98 Å². The molecule has 1 N–H and O–H groups in total. The molecule has 0 aliphatic carbocycles. The van der Waals surface area contributed by atoms with Gasteiger partial charge in [0.05, 0.1) is 17.0 Å². The Hall–Kier alpha value is -2.27. The Morgan fingerprint density at radius 1 is 1.00 bits per heavy atom. The van der Waals surface area contributed by atoms with Gasteiger partial charge in [-0.05, 0) is 30.7 Å². The van der Waals surface area contributed by atoms with E-state index in [-0.39, 0.29) is 11.8 Å². The van der Waals surface area contributed by atoms with Crippen molar-refractivity contribution in [3.8, 4) is 0 Å². The number of carbonyl (C=O) groups is 2. The number of hydrogen-bond donors (Lipinski definition) is 1. The molecule has 1 aromatic heterocycles. The molecule has 1 saturated heterocycles. The highest BCUT2D eigenvalue weighted by Gasteiger charge is 2.23. The summed E-state index contributed by atoms with van der Waals surface area (Å²) >= 11 is 6.12. The van der Waals surface area contributed by atoms with Crippen molar-refractivity contribution < 1.29 is 9.59 Å². The van der Waals surface area contributed by atoms with Gasteiger partial charge in [-0.1, -0.05) is 23.7 Å². The first-order chi connectivity index (χ1) is 11.6. The highest BCUT2D eigenvalue weighted by atomic mass is 35.5. The van der Waals surface area contributed by atoms with Crippen molar-refractivity contribution in [1.82, 2.24) is 14.8 Å². The lowest BCUT2D eigenvalue weighted by Gasteiger charge is -2.22. The number of benzene rings is 1. The first-order valence-electron chi connectivity index (χ1n) is 8.09. The largest absolute Gasteiger partial charge is 0.365 e. The summed E-state index contributed by atoms with van der Waals surface area (Å²) in [5, 5.41) is 0.464. The predicted molar refractivity (Wildman–Crippen MR) is 93.0 cm³/mol. The highest BCUT2D eigenvalue weighted by molar-refractivity contribution is 6.33. The topological polar surface area (TPSA) is 56.4 Å². The van der Waals surface area contributed by atoms with Gasteiger partial charge < -0.3 is 14.8 Å². The monoisotopic (exact) mass is 345 g/mol. The van der Waals surface area contributed by atoms with Gasteiger partial charge in [-0.3, -0.25) is 9.59 Å². The SMILES string of the molecule is O=C(Cc1ccc[nH]1)N1CCCN(C(=O)c2ccccc2Cl)CC1. The summed E-state index contributed by atoms with van der Waals surface area (Å²) in [5.74, 6) is 0.0174. The molecule has 0 radical (unpaired) electrons.